The van der Waals surface area contributed by atoms with E-state index in [0.29, 0.717) is 0 Å². The van der Waals surface area contributed by atoms with Gasteiger partial charge in [-0.05, 0) is 0 Å². The average molecular weight is 787 g/mol. The van der Waals surface area contributed by atoms with Crippen LogP contribution in [0.25, 0.3) is 0 Å². The van der Waals surface area contributed by atoms with E-state index in [1.807, 2.05) is 0 Å². The van der Waals surface area contributed by atoms with Crippen LogP contribution in [0.4, 0.5) is 92.2 Å². The second kappa shape index (κ2) is 8.60. The molecule has 0 N–H and O–H groups in total. The van der Waals surface area contributed by atoms with Crippen molar-refractivity contribution < 1.29 is 92.2 Å². The molecule has 0 radical (unpaired) electrons. The minimum Gasteiger partial charge on any atom is -0.201 e. The molecule has 0 saturated carbocycles. The lowest BCUT2D eigenvalue weighted by molar-refractivity contribution is -0.472. The van der Waals surface area contributed by atoms with E-state index in [2.05, 4.69) is 0 Å². The quantitative estimate of drug-likeness (QED) is 0.125. The Morgan fingerprint density at radius 3 is 0.629 bits per heavy atom. The Hall–Kier alpha value is 0.187. The van der Waals surface area contributed by atoms with E-state index in [9.17, 15) is 92.2 Å². The lowest BCUT2D eigenvalue weighted by Gasteiger charge is -2.45. The summed E-state index contributed by atoms with van der Waals surface area (Å²) in [5.41, 5.74) is -6.70. The first-order valence-electron chi connectivity index (χ1n) is 7.04. The Morgan fingerprint density at radius 2 is 0.457 bits per heavy atom. The van der Waals surface area contributed by atoms with Crippen LogP contribution in [0.1, 0.15) is 0 Å². The molecule has 0 spiro atoms. The zero-order valence-electron chi connectivity index (χ0n) is 14.6. The van der Waals surface area contributed by atoms with Crippen molar-refractivity contribution in [2.45, 2.75) is 59.1 Å². The summed E-state index contributed by atoms with van der Waals surface area (Å²) in [6.07, 6.45) is -8.00. The van der Waals surface area contributed by atoms with Gasteiger partial charge in [0.1, 0.15) is 0 Å². The van der Waals surface area contributed by atoms with Gasteiger partial charge in [0, 0.05) is 0 Å². The molecule has 0 aromatic heterocycles. The molecule has 0 rings (SSSR count). The maximum Gasteiger partial charge on any atom is 0.460 e. The molecule has 25 heteroatoms. The van der Waals surface area contributed by atoms with E-state index in [1.165, 1.54) is 45.9 Å². The van der Waals surface area contributed by atoms with Gasteiger partial charge in [0.15, 0.2) is 0 Å². The first kappa shape index (κ1) is 35.2. The molecule has 0 aromatic rings. The molecule has 0 nitrogen and oxygen atoms in total. The fraction of sp³-hybridized carbons (Fsp3) is 1.00. The average Bonchev–Trinajstić information content (AvgIpc) is 2.58. The van der Waals surface area contributed by atoms with Crippen LogP contribution in [-0.2, 0) is 0 Å². The fourth-order valence-corrected chi connectivity index (χ4v) is 4.49. The summed E-state index contributed by atoms with van der Waals surface area (Å²) in [6, 6.07) is 0. The summed E-state index contributed by atoms with van der Waals surface area (Å²) < 4.78 is 270. The molecule has 0 aromatic carbocycles. The lowest BCUT2D eigenvalue weighted by Crippen LogP contribution is -2.77. The number of halogens is 24. The molecule has 0 aliphatic rings. The zero-order chi connectivity index (χ0) is 29.5. The Morgan fingerprint density at radius 1 is 0.286 bits per heavy atom. The zero-order valence-corrected chi connectivity index (χ0v) is 20.3. The number of rotatable bonds is 9. The van der Waals surface area contributed by atoms with Crippen LogP contribution in [0, 0.1) is 0 Å². The summed E-state index contributed by atoms with van der Waals surface area (Å²) >= 11 is 4.51. The van der Waals surface area contributed by atoms with Gasteiger partial charge in [-0.15, -0.1) is 0 Å². The Kier molecular flexibility index (Phi) is 8.64. The van der Waals surface area contributed by atoms with Crippen molar-refractivity contribution in [2.24, 2.45) is 0 Å². The highest BCUT2D eigenvalue weighted by molar-refractivity contribution is 9.72. The van der Waals surface area contributed by atoms with Gasteiger partial charge in [0.2, 0.25) is 0 Å². The second-order valence-electron chi connectivity index (χ2n) is 6.17. The Labute approximate surface area is 201 Å². The number of hydrogen-bond donors (Lipinski definition) is 0. The van der Waals surface area contributed by atoms with Gasteiger partial charge in [-0.3, -0.25) is 0 Å². The lowest BCUT2D eigenvalue weighted by atomic mass is 9.87. The van der Waals surface area contributed by atoms with E-state index in [1.54, 1.807) is 0 Å². The van der Waals surface area contributed by atoms with Gasteiger partial charge in [0.25, 0.3) is 0 Å². The Balaban J connectivity index is 7.15. The molecular weight excluding hydrogens is 787 g/mol. The minimum atomic E-state index is -9.16. The summed E-state index contributed by atoms with van der Waals surface area (Å²) in [5.74, 6) is -70.2. The third-order valence-electron chi connectivity index (χ3n) is 3.87. The maximum atomic E-state index is 13.6. The van der Waals surface area contributed by atoms with Gasteiger partial charge in [-0.25, -0.2) is 8.78 Å². The van der Waals surface area contributed by atoms with Gasteiger partial charge in [-0.2, -0.15) is 83.4 Å². The smallest absolute Gasteiger partial charge is 0.201 e. The molecule has 0 unspecified atom stereocenters. The fourth-order valence-electron chi connectivity index (χ4n) is 1.74. The molecule has 0 aliphatic heterocycles. The van der Waals surface area contributed by atoms with Gasteiger partial charge < -0.3 is 0 Å². The summed E-state index contributed by atoms with van der Waals surface area (Å²) in [5, 5.41) is 0. The predicted octanol–water partition coefficient (Wildman–Crippen LogP) is 8.93. The topological polar surface area (TPSA) is 0 Å². The second-order valence-corrected chi connectivity index (χ2v) is 28.1. The highest BCUT2D eigenvalue weighted by atomic mass is 80.0. The van der Waals surface area contributed by atoms with Crippen molar-refractivity contribution in [1.82, 2.24) is 0 Å². The SMILES string of the molecule is FC(F)(F)C(F)(F)C(F)(F)C(F)(F)C(F)(F)C(F)(F)C(F)(F)C(F)(F)C(F)(F)C(F)(F)[Si](Br)(Br)Br. The van der Waals surface area contributed by atoms with Crippen LogP contribution in [0.5, 0.6) is 0 Å². The summed E-state index contributed by atoms with van der Waals surface area (Å²) in [4.78, 5) is 0. The summed E-state index contributed by atoms with van der Waals surface area (Å²) in [6.45, 7) is 0. The van der Waals surface area contributed by atoms with Crippen molar-refractivity contribution >= 4 is 49.8 Å². The molecule has 0 aliphatic carbocycles. The van der Waals surface area contributed by atoms with Crippen LogP contribution < -0.4 is 0 Å². The third kappa shape index (κ3) is 4.35. The van der Waals surface area contributed by atoms with E-state index >= 15 is 0 Å². The van der Waals surface area contributed by atoms with E-state index in [-0.39, 0.29) is 0 Å². The molecular formula is C10Br3F21Si. The monoisotopic (exact) mass is 784 g/mol. The highest BCUT2D eigenvalue weighted by Crippen LogP contribution is 2.67. The van der Waals surface area contributed by atoms with Crippen LogP contribution in [-0.4, -0.2) is 63.0 Å². The normalized spacial score (nSPS) is 17.1. The van der Waals surface area contributed by atoms with Gasteiger partial charge in [0.05, 0.1) is 0 Å². The number of hydrogen-bond acceptors (Lipinski definition) is 0. The molecule has 0 amide bonds. The molecule has 35 heavy (non-hydrogen) atoms. The van der Waals surface area contributed by atoms with Crippen molar-refractivity contribution in [1.29, 1.82) is 0 Å². The third-order valence-corrected chi connectivity index (χ3v) is 9.37. The van der Waals surface area contributed by atoms with Crippen LogP contribution in [0.3, 0.4) is 0 Å². The van der Waals surface area contributed by atoms with Crippen LogP contribution >= 0.6 is 45.9 Å². The maximum absolute atomic E-state index is 13.6. The van der Waals surface area contributed by atoms with Crippen LogP contribution in [0.2, 0.25) is 0 Å². The molecule has 212 valence electrons. The highest BCUT2D eigenvalue weighted by Gasteiger charge is 2.98. The molecule has 0 fully saturated rings. The molecule has 0 atom stereocenters. The summed E-state index contributed by atoms with van der Waals surface area (Å²) in [7, 11) is 0. The van der Waals surface area contributed by atoms with Crippen molar-refractivity contribution in [3.8, 4) is 0 Å². The molecule has 0 saturated heterocycles. The largest absolute Gasteiger partial charge is 0.460 e. The molecule has 0 heterocycles. The first-order valence-corrected chi connectivity index (χ1v) is 15.8. The standard InChI is InChI=1S/C10Br3F21Si/c11-35(12,13)10(33,34)8(28,29)6(24,25)4(20,21)2(16,17)1(14,15)3(18,19)5(22,23)7(26,27)9(30,31)32. The van der Waals surface area contributed by atoms with Crippen molar-refractivity contribution in [2.75, 3.05) is 0 Å². The van der Waals surface area contributed by atoms with E-state index < -0.39 is 63.0 Å². The predicted molar refractivity (Wildman–Crippen MR) is 83.1 cm³/mol. The van der Waals surface area contributed by atoms with E-state index in [0.717, 1.165) is 0 Å². The van der Waals surface area contributed by atoms with E-state index in [4.69, 9.17) is 0 Å². The Bertz CT molecular complexity index is 728. The minimum absolute atomic E-state index is 1.50. The van der Waals surface area contributed by atoms with Crippen molar-refractivity contribution in [3.05, 3.63) is 0 Å². The first-order chi connectivity index (χ1) is 14.5. The van der Waals surface area contributed by atoms with Gasteiger partial charge >= 0.3 is 63.0 Å². The van der Waals surface area contributed by atoms with Gasteiger partial charge in [-0.1, -0.05) is 45.9 Å². The van der Waals surface area contributed by atoms with Crippen molar-refractivity contribution in [3.63, 3.8) is 0 Å². The van der Waals surface area contributed by atoms with Crippen LogP contribution in [0.15, 0.2) is 0 Å². The number of alkyl halides is 21. The molecule has 0 bridgehead atoms.